The van der Waals surface area contributed by atoms with E-state index in [1.54, 1.807) is 5.70 Å². The van der Waals surface area contributed by atoms with Crippen molar-refractivity contribution in [1.82, 2.24) is 4.90 Å². The Kier molecular flexibility index (Phi) is 2.47. The van der Waals surface area contributed by atoms with Crippen LogP contribution in [-0.2, 0) is 0 Å². The monoisotopic (exact) mass is 213 g/mol. The molecule has 1 saturated heterocycles. The highest BCUT2D eigenvalue weighted by atomic mass is 15.1. The normalized spacial score (nSPS) is 24.2. The summed E-state index contributed by atoms with van der Waals surface area (Å²) in [4.78, 5) is 2.59. The van der Waals surface area contributed by atoms with E-state index < -0.39 is 0 Å². The minimum absolute atomic E-state index is 0.592. The van der Waals surface area contributed by atoms with Gasteiger partial charge in [0.2, 0.25) is 0 Å². The van der Waals surface area contributed by atoms with Gasteiger partial charge in [0.15, 0.2) is 0 Å². The Bertz CT molecular complexity index is 413. The van der Waals surface area contributed by atoms with Crippen molar-refractivity contribution in [3.05, 3.63) is 41.1 Å². The predicted molar refractivity (Wildman–Crippen MR) is 68.3 cm³/mol. The molecular weight excluding hydrogens is 194 g/mol. The molecule has 0 radical (unpaired) electrons. The summed E-state index contributed by atoms with van der Waals surface area (Å²) in [6.45, 7) is 4.85. The average Bonchev–Trinajstić information content (AvgIpc) is 2.69. The standard InChI is InChI=1S/C15H19N/c1-12-14-8-4-3-7-13(14)11-15(12)16-9-5-2-6-10-16/h3-4,7-8,11-12H,2,5-6,9-10H2,1H3. The van der Waals surface area contributed by atoms with Gasteiger partial charge in [-0.2, -0.15) is 0 Å². The molecule has 1 aliphatic carbocycles. The largest absolute Gasteiger partial charge is 0.374 e. The number of likely N-dealkylation sites (tertiary alicyclic amines) is 1. The van der Waals surface area contributed by atoms with Crippen LogP contribution in [0.5, 0.6) is 0 Å². The van der Waals surface area contributed by atoms with E-state index in [0.717, 1.165) is 0 Å². The summed E-state index contributed by atoms with van der Waals surface area (Å²) < 4.78 is 0. The van der Waals surface area contributed by atoms with E-state index >= 15 is 0 Å². The molecule has 0 bridgehead atoms. The van der Waals surface area contributed by atoms with Crippen LogP contribution in [0.4, 0.5) is 0 Å². The van der Waals surface area contributed by atoms with Crippen LogP contribution in [0.3, 0.4) is 0 Å². The zero-order valence-electron chi connectivity index (χ0n) is 9.95. The van der Waals surface area contributed by atoms with Gasteiger partial charge >= 0.3 is 0 Å². The molecule has 0 saturated carbocycles. The van der Waals surface area contributed by atoms with Crippen LogP contribution < -0.4 is 0 Å². The molecular formula is C15H19N. The highest BCUT2D eigenvalue weighted by Gasteiger charge is 2.25. The van der Waals surface area contributed by atoms with E-state index in [0.29, 0.717) is 5.92 Å². The number of rotatable bonds is 1. The molecule has 1 aliphatic heterocycles. The van der Waals surface area contributed by atoms with Crippen LogP contribution in [0.2, 0.25) is 0 Å². The van der Waals surface area contributed by atoms with Gasteiger partial charge < -0.3 is 4.90 Å². The maximum atomic E-state index is 2.59. The van der Waals surface area contributed by atoms with Crippen molar-refractivity contribution in [2.45, 2.75) is 32.1 Å². The molecule has 0 N–H and O–H groups in total. The number of fused-ring (bicyclic) bond motifs is 1. The summed E-state index contributed by atoms with van der Waals surface area (Å²) in [5.41, 5.74) is 4.47. The lowest BCUT2D eigenvalue weighted by Gasteiger charge is -2.32. The van der Waals surface area contributed by atoms with Crippen LogP contribution in [0.1, 0.15) is 43.2 Å². The Labute approximate surface area is 97.8 Å². The van der Waals surface area contributed by atoms with Gasteiger partial charge in [-0.1, -0.05) is 31.2 Å². The summed E-state index contributed by atoms with van der Waals surface area (Å²) in [5.74, 6) is 0.592. The topological polar surface area (TPSA) is 3.24 Å². The molecule has 1 aromatic rings. The molecule has 3 rings (SSSR count). The van der Waals surface area contributed by atoms with E-state index in [-0.39, 0.29) is 0 Å². The van der Waals surface area contributed by atoms with Gasteiger partial charge in [-0.3, -0.25) is 0 Å². The molecule has 1 unspecified atom stereocenters. The van der Waals surface area contributed by atoms with Crippen molar-refractivity contribution in [3.63, 3.8) is 0 Å². The van der Waals surface area contributed by atoms with E-state index in [9.17, 15) is 0 Å². The average molecular weight is 213 g/mol. The Morgan fingerprint density at radius 2 is 1.81 bits per heavy atom. The number of allylic oxidation sites excluding steroid dienone is 1. The van der Waals surface area contributed by atoms with Crippen molar-refractivity contribution in [2.24, 2.45) is 0 Å². The number of benzene rings is 1. The molecule has 16 heavy (non-hydrogen) atoms. The summed E-state index contributed by atoms with van der Waals surface area (Å²) in [6, 6.07) is 8.81. The second kappa shape index (κ2) is 3.97. The lowest BCUT2D eigenvalue weighted by atomic mass is 9.99. The Hall–Kier alpha value is -1.24. The Balaban J connectivity index is 1.89. The Morgan fingerprint density at radius 3 is 2.56 bits per heavy atom. The minimum atomic E-state index is 0.592. The predicted octanol–water partition coefficient (Wildman–Crippen LogP) is 3.63. The fraction of sp³-hybridized carbons (Fsp3) is 0.467. The minimum Gasteiger partial charge on any atom is -0.374 e. The molecule has 1 heterocycles. The molecule has 1 heteroatoms. The van der Waals surface area contributed by atoms with Crippen molar-refractivity contribution in [1.29, 1.82) is 0 Å². The fourth-order valence-electron chi connectivity index (χ4n) is 3.00. The van der Waals surface area contributed by atoms with Crippen LogP contribution in [0.25, 0.3) is 6.08 Å². The second-order valence-electron chi connectivity index (χ2n) is 4.97. The van der Waals surface area contributed by atoms with Gasteiger partial charge in [0.1, 0.15) is 0 Å². The van der Waals surface area contributed by atoms with Crippen LogP contribution in [-0.4, -0.2) is 18.0 Å². The number of hydrogen-bond donors (Lipinski definition) is 0. The third-order valence-electron chi connectivity index (χ3n) is 3.93. The first-order valence-electron chi connectivity index (χ1n) is 6.42. The first kappa shape index (κ1) is 9.95. The molecule has 1 fully saturated rings. The molecule has 1 nitrogen and oxygen atoms in total. The first-order chi connectivity index (χ1) is 7.86. The molecule has 0 aromatic heterocycles. The summed E-state index contributed by atoms with van der Waals surface area (Å²) in [5, 5.41) is 0. The van der Waals surface area contributed by atoms with Gasteiger partial charge in [-0.15, -0.1) is 0 Å². The summed E-state index contributed by atoms with van der Waals surface area (Å²) in [7, 11) is 0. The smallest absolute Gasteiger partial charge is 0.0217 e. The summed E-state index contributed by atoms with van der Waals surface area (Å²) in [6.07, 6.45) is 6.53. The maximum absolute atomic E-state index is 2.59. The van der Waals surface area contributed by atoms with Crippen molar-refractivity contribution < 1.29 is 0 Å². The molecule has 1 atom stereocenters. The molecule has 0 amide bonds. The SMILES string of the molecule is CC1C(N2CCCCC2)=Cc2ccccc21. The number of hydrogen-bond acceptors (Lipinski definition) is 1. The van der Waals surface area contributed by atoms with Gasteiger partial charge in [0.25, 0.3) is 0 Å². The highest BCUT2D eigenvalue weighted by Crippen LogP contribution is 2.38. The molecule has 84 valence electrons. The van der Waals surface area contributed by atoms with E-state index in [1.807, 2.05) is 0 Å². The number of piperidine rings is 1. The lowest BCUT2D eigenvalue weighted by Crippen LogP contribution is -2.30. The highest BCUT2D eigenvalue weighted by molar-refractivity contribution is 5.65. The van der Waals surface area contributed by atoms with E-state index in [4.69, 9.17) is 0 Å². The van der Waals surface area contributed by atoms with E-state index in [2.05, 4.69) is 42.2 Å². The van der Waals surface area contributed by atoms with Crippen LogP contribution in [0, 0.1) is 0 Å². The lowest BCUT2D eigenvalue weighted by molar-refractivity contribution is 0.276. The molecule has 0 spiro atoms. The number of nitrogens with zero attached hydrogens (tertiary/aromatic N) is 1. The third kappa shape index (κ3) is 1.55. The van der Waals surface area contributed by atoms with Crippen molar-refractivity contribution >= 4 is 6.08 Å². The zero-order chi connectivity index (χ0) is 11.0. The van der Waals surface area contributed by atoms with Crippen molar-refractivity contribution in [3.8, 4) is 0 Å². The third-order valence-corrected chi connectivity index (χ3v) is 3.93. The summed E-state index contributed by atoms with van der Waals surface area (Å²) >= 11 is 0. The Morgan fingerprint density at radius 1 is 1.06 bits per heavy atom. The van der Waals surface area contributed by atoms with Crippen LogP contribution in [0.15, 0.2) is 30.0 Å². The molecule has 1 aromatic carbocycles. The van der Waals surface area contributed by atoms with Crippen molar-refractivity contribution in [2.75, 3.05) is 13.1 Å². The quantitative estimate of drug-likeness (QED) is 0.688. The second-order valence-corrected chi connectivity index (χ2v) is 4.97. The van der Waals surface area contributed by atoms with Gasteiger partial charge in [-0.25, -0.2) is 0 Å². The molecule has 2 aliphatic rings. The van der Waals surface area contributed by atoms with E-state index in [1.165, 1.54) is 43.5 Å². The first-order valence-corrected chi connectivity index (χ1v) is 6.42. The van der Waals surface area contributed by atoms with Crippen LogP contribution >= 0.6 is 0 Å². The zero-order valence-corrected chi connectivity index (χ0v) is 9.95. The maximum Gasteiger partial charge on any atom is 0.0217 e. The van der Waals surface area contributed by atoms with Gasteiger partial charge in [0, 0.05) is 24.7 Å². The van der Waals surface area contributed by atoms with Gasteiger partial charge in [-0.05, 0) is 36.5 Å². The fourth-order valence-corrected chi connectivity index (χ4v) is 3.00. The van der Waals surface area contributed by atoms with Gasteiger partial charge in [0.05, 0.1) is 0 Å².